The van der Waals surface area contributed by atoms with Gasteiger partial charge in [0.25, 0.3) is 0 Å². The number of nitrogens with one attached hydrogen (secondary N) is 5. The Hall–Kier alpha value is -4.29. The summed E-state index contributed by atoms with van der Waals surface area (Å²) in [4.78, 5) is 86.6. The van der Waals surface area contributed by atoms with Gasteiger partial charge in [0.05, 0.1) is 19.6 Å². The zero-order valence-corrected chi connectivity index (χ0v) is 25.2. The molecule has 2 rings (SSSR count). The molecule has 1 fully saturated rings. The number of unbranched alkanes of at least 4 members (excludes halogenated alkanes) is 2. The van der Waals surface area contributed by atoms with Crippen molar-refractivity contribution in [1.82, 2.24) is 31.5 Å². The number of benzene rings is 1. The molecule has 1 unspecified atom stereocenters. The molecule has 0 radical (unpaired) electrons. The molecule has 43 heavy (non-hydrogen) atoms. The van der Waals surface area contributed by atoms with Crippen LogP contribution >= 0.6 is 0 Å². The van der Waals surface area contributed by atoms with E-state index in [1.54, 1.807) is 19.1 Å². The van der Waals surface area contributed by atoms with Crippen molar-refractivity contribution in [3.63, 3.8) is 0 Å². The molecule has 0 bridgehead atoms. The van der Waals surface area contributed by atoms with Crippen molar-refractivity contribution in [2.45, 2.75) is 65.3 Å². The minimum absolute atomic E-state index is 0.154. The second kappa shape index (κ2) is 18.3. The summed E-state index contributed by atoms with van der Waals surface area (Å²) < 4.78 is 0. The van der Waals surface area contributed by atoms with E-state index in [1.807, 2.05) is 32.0 Å². The number of hydrogen-bond donors (Lipinski definition) is 5. The summed E-state index contributed by atoms with van der Waals surface area (Å²) in [6, 6.07) is 8.07. The smallest absolute Gasteiger partial charge is 0.243 e. The molecule has 13 heteroatoms. The summed E-state index contributed by atoms with van der Waals surface area (Å²) in [6.07, 6.45) is 2.38. The van der Waals surface area contributed by atoms with Crippen LogP contribution in [0.3, 0.4) is 0 Å². The predicted molar refractivity (Wildman–Crippen MR) is 158 cm³/mol. The molecule has 7 amide bonds. The van der Waals surface area contributed by atoms with Crippen molar-refractivity contribution in [3.8, 4) is 0 Å². The third kappa shape index (κ3) is 13.5. The van der Waals surface area contributed by atoms with Crippen LogP contribution in [0.5, 0.6) is 0 Å². The molecule has 0 saturated carbocycles. The van der Waals surface area contributed by atoms with Crippen molar-refractivity contribution < 1.29 is 33.6 Å². The van der Waals surface area contributed by atoms with E-state index < -0.39 is 30.3 Å². The number of nitrogens with zero attached hydrogens (tertiary/aromatic N) is 1. The van der Waals surface area contributed by atoms with Crippen LogP contribution in [0.1, 0.15) is 58.4 Å². The Balaban J connectivity index is 1.69. The molecule has 1 heterocycles. The Kier molecular flexibility index (Phi) is 14.8. The number of hydrogen-bond acceptors (Lipinski definition) is 7. The minimum atomic E-state index is -0.977. The molecule has 1 aliphatic heterocycles. The fraction of sp³-hybridized carbons (Fsp3) is 0.567. The summed E-state index contributed by atoms with van der Waals surface area (Å²) >= 11 is 0. The largest absolute Gasteiger partial charge is 0.354 e. The van der Waals surface area contributed by atoms with Gasteiger partial charge in [-0.15, -0.1) is 0 Å². The molecule has 1 aromatic carbocycles. The highest BCUT2D eigenvalue weighted by Crippen LogP contribution is 2.19. The van der Waals surface area contributed by atoms with Crippen LogP contribution in [-0.2, 0) is 40.0 Å². The first kappa shape index (κ1) is 34.9. The first-order chi connectivity index (χ1) is 20.5. The van der Waals surface area contributed by atoms with Gasteiger partial charge in [0.15, 0.2) is 0 Å². The number of likely N-dealkylation sites (tertiary alicyclic amines) is 1. The second-order valence-corrected chi connectivity index (χ2v) is 11.1. The Morgan fingerprint density at radius 1 is 0.814 bits per heavy atom. The van der Waals surface area contributed by atoms with Crippen molar-refractivity contribution >= 4 is 41.4 Å². The standard InChI is InChI=1S/C30H44N6O7/c1-20(2)16-31-26(39)18-34-29(42)23(15-22-10-6-4-7-11-22)35-27(40)19-33-25(38)17-32-24(37)12-8-5-9-13-36-28(41)14-21(3)30(36)43/h4,6-7,10-11,20-21,23H,5,8-9,12-19H2,1-3H3,(H,31,39)(H,32,37)(H,33,38)(H,34,42)(H,35,40)/t21?,23-/m0/s1. The Bertz CT molecular complexity index is 1140. The summed E-state index contributed by atoms with van der Waals surface area (Å²) in [6.45, 7) is 5.49. The molecular formula is C30H44N6O7. The van der Waals surface area contributed by atoms with E-state index in [2.05, 4.69) is 26.6 Å². The fourth-order valence-electron chi connectivity index (χ4n) is 4.30. The summed E-state index contributed by atoms with van der Waals surface area (Å²) in [5, 5.41) is 12.7. The van der Waals surface area contributed by atoms with Gasteiger partial charge in [0.1, 0.15) is 6.04 Å². The van der Waals surface area contributed by atoms with Crippen LogP contribution in [0.15, 0.2) is 30.3 Å². The first-order valence-electron chi connectivity index (χ1n) is 14.7. The molecule has 0 aromatic heterocycles. The number of amides is 7. The van der Waals surface area contributed by atoms with Crippen molar-refractivity contribution in [1.29, 1.82) is 0 Å². The van der Waals surface area contributed by atoms with Crippen LogP contribution < -0.4 is 26.6 Å². The lowest BCUT2D eigenvalue weighted by Gasteiger charge is -2.19. The molecule has 0 spiro atoms. The van der Waals surface area contributed by atoms with E-state index in [0.717, 1.165) is 5.56 Å². The van der Waals surface area contributed by atoms with Crippen LogP contribution in [0.2, 0.25) is 0 Å². The summed E-state index contributed by atoms with van der Waals surface area (Å²) in [5.74, 6) is -2.72. The molecule has 1 aliphatic rings. The van der Waals surface area contributed by atoms with E-state index in [-0.39, 0.29) is 67.8 Å². The Labute approximate surface area is 252 Å². The van der Waals surface area contributed by atoms with Gasteiger partial charge in [0.2, 0.25) is 41.4 Å². The number of imide groups is 1. The van der Waals surface area contributed by atoms with Gasteiger partial charge < -0.3 is 26.6 Å². The SMILES string of the molecule is CC(C)CNC(=O)CNC(=O)[C@H](Cc1ccccc1)NC(=O)CNC(=O)CNC(=O)CCCCCN1C(=O)CC(C)C1=O. The molecule has 1 aromatic rings. The molecule has 1 saturated heterocycles. The first-order valence-corrected chi connectivity index (χ1v) is 14.7. The maximum Gasteiger partial charge on any atom is 0.243 e. The third-order valence-corrected chi connectivity index (χ3v) is 6.71. The molecule has 5 N–H and O–H groups in total. The van der Waals surface area contributed by atoms with Gasteiger partial charge >= 0.3 is 0 Å². The number of carbonyl (C=O) groups excluding carboxylic acids is 7. The highest BCUT2D eigenvalue weighted by atomic mass is 16.2. The Morgan fingerprint density at radius 2 is 1.44 bits per heavy atom. The molecule has 13 nitrogen and oxygen atoms in total. The zero-order valence-electron chi connectivity index (χ0n) is 25.2. The van der Waals surface area contributed by atoms with Crippen LogP contribution in [0.4, 0.5) is 0 Å². The van der Waals surface area contributed by atoms with Gasteiger partial charge in [-0.3, -0.25) is 38.5 Å². The number of rotatable bonds is 18. The lowest BCUT2D eigenvalue weighted by molar-refractivity contribution is -0.139. The van der Waals surface area contributed by atoms with E-state index in [1.165, 1.54) is 4.90 Å². The van der Waals surface area contributed by atoms with Crippen LogP contribution in [-0.4, -0.2) is 85.0 Å². The fourth-order valence-corrected chi connectivity index (χ4v) is 4.30. The van der Waals surface area contributed by atoms with Gasteiger partial charge in [-0.05, 0) is 24.3 Å². The quantitative estimate of drug-likeness (QED) is 0.114. The van der Waals surface area contributed by atoms with Gasteiger partial charge in [-0.1, -0.05) is 57.5 Å². The molecule has 2 atom stereocenters. The van der Waals surface area contributed by atoms with Gasteiger partial charge in [-0.2, -0.15) is 0 Å². The Morgan fingerprint density at radius 3 is 2.09 bits per heavy atom. The van der Waals surface area contributed by atoms with E-state index in [0.29, 0.717) is 32.4 Å². The van der Waals surface area contributed by atoms with Crippen molar-refractivity contribution in [2.24, 2.45) is 11.8 Å². The van der Waals surface area contributed by atoms with Crippen molar-refractivity contribution in [3.05, 3.63) is 35.9 Å². The maximum atomic E-state index is 12.8. The number of carbonyl (C=O) groups is 7. The highest BCUT2D eigenvalue weighted by molar-refractivity contribution is 6.03. The molecule has 0 aliphatic carbocycles. The van der Waals surface area contributed by atoms with E-state index >= 15 is 0 Å². The maximum absolute atomic E-state index is 12.8. The minimum Gasteiger partial charge on any atom is -0.354 e. The van der Waals surface area contributed by atoms with Gasteiger partial charge in [-0.25, -0.2) is 0 Å². The normalized spacial score (nSPS) is 15.2. The lowest BCUT2D eigenvalue weighted by Crippen LogP contribution is -2.52. The summed E-state index contributed by atoms with van der Waals surface area (Å²) in [7, 11) is 0. The molecule has 236 valence electrons. The topological polar surface area (TPSA) is 183 Å². The lowest BCUT2D eigenvalue weighted by atomic mass is 10.1. The second-order valence-electron chi connectivity index (χ2n) is 11.1. The molecular weight excluding hydrogens is 556 g/mol. The monoisotopic (exact) mass is 600 g/mol. The highest BCUT2D eigenvalue weighted by Gasteiger charge is 2.34. The van der Waals surface area contributed by atoms with Gasteiger partial charge in [0, 0.05) is 38.3 Å². The zero-order chi connectivity index (χ0) is 31.8. The van der Waals surface area contributed by atoms with Crippen LogP contribution in [0, 0.1) is 11.8 Å². The average Bonchev–Trinajstić information content (AvgIpc) is 3.22. The summed E-state index contributed by atoms with van der Waals surface area (Å²) in [5.41, 5.74) is 0.798. The average molecular weight is 601 g/mol. The van der Waals surface area contributed by atoms with Crippen molar-refractivity contribution in [2.75, 3.05) is 32.7 Å². The van der Waals surface area contributed by atoms with E-state index in [9.17, 15) is 33.6 Å². The van der Waals surface area contributed by atoms with E-state index in [4.69, 9.17) is 0 Å². The third-order valence-electron chi connectivity index (χ3n) is 6.71. The predicted octanol–water partition coefficient (Wildman–Crippen LogP) is -0.210. The van der Waals surface area contributed by atoms with Crippen LogP contribution in [0.25, 0.3) is 0 Å².